The lowest BCUT2D eigenvalue weighted by molar-refractivity contribution is -0.119. The topological polar surface area (TPSA) is 53.5 Å². The molecule has 0 heterocycles. The van der Waals surface area contributed by atoms with Crippen LogP contribution in [0.2, 0.25) is 5.02 Å². The zero-order valence-electron chi connectivity index (χ0n) is 11.3. The highest BCUT2D eigenvalue weighted by molar-refractivity contribution is 9.11. The van der Waals surface area contributed by atoms with E-state index in [4.69, 9.17) is 11.6 Å². The minimum absolute atomic E-state index is 0.0883. The Labute approximate surface area is 150 Å². The number of nitrogens with zero attached hydrogens (tertiary/aromatic N) is 1. The molecule has 2 aromatic rings. The van der Waals surface area contributed by atoms with Gasteiger partial charge in [-0.3, -0.25) is 4.79 Å². The van der Waals surface area contributed by atoms with Gasteiger partial charge in [0.2, 0.25) is 0 Å². The number of hydrazone groups is 1. The van der Waals surface area contributed by atoms with Crippen LogP contribution >= 0.6 is 43.5 Å². The third-order valence-corrected chi connectivity index (χ3v) is 4.10. The molecule has 2 rings (SSSR count). The van der Waals surface area contributed by atoms with Gasteiger partial charge in [-0.05, 0) is 49.6 Å². The summed E-state index contributed by atoms with van der Waals surface area (Å²) in [7, 11) is 0. The Morgan fingerprint density at radius 3 is 2.45 bits per heavy atom. The molecule has 0 aliphatic heterocycles. The third kappa shape index (κ3) is 5.12. The molecule has 0 saturated carbocycles. The monoisotopic (exact) mass is 443 g/mol. The summed E-state index contributed by atoms with van der Waals surface area (Å²) in [5.74, 6) is -0.249. The van der Waals surface area contributed by atoms with Crippen LogP contribution in [-0.2, 0) is 4.79 Å². The lowest BCUT2D eigenvalue weighted by atomic mass is 10.2. The second kappa shape index (κ2) is 8.31. The lowest BCUT2D eigenvalue weighted by Gasteiger charge is -2.10. The molecule has 7 heteroatoms. The highest BCUT2D eigenvalue weighted by atomic mass is 79.9. The van der Waals surface area contributed by atoms with Crippen molar-refractivity contribution in [1.82, 2.24) is 5.43 Å². The molecule has 2 aromatic carbocycles. The minimum Gasteiger partial charge on any atom is -0.374 e. The molecular formula is C15H12Br2ClN3O. The fourth-order valence-electron chi connectivity index (χ4n) is 1.64. The number of hydrogen-bond donors (Lipinski definition) is 2. The van der Waals surface area contributed by atoms with Gasteiger partial charge in [-0.2, -0.15) is 5.10 Å². The van der Waals surface area contributed by atoms with Gasteiger partial charge in [0.15, 0.2) is 0 Å². The molecule has 0 atom stereocenters. The normalized spacial score (nSPS) is 10.7. The lowest BCUT2D eigenvalue weighted by Crippen LogP contribution is -2.26. The van der Waals surface area contributed by atoms with Crippen LogP contribution in [0, 0.1) is 0 Å². The molecule has 1 amide bonds. The van der Waals surface area contributed by atoms with E-state index in [0.717, 1.165) is 20.2 Å². The number of rotatable bonds is 5. The van der Waals surface area contributed by atoms with Crippen molar-refractivity contribution in [2.24, 2.45) is 5.10 Å². The maximum Gasteiger partial charge on any atom is 0.259 e. The van der Waals surface area contributed by atoms with Crippen molar-refractivity contribution in [2.75, 3.05) is 11.9 Å². The molecule has 22 heavy (non-hydrogen) atoms. The molecule has 0 saturated heterocycles. The average molecular weight is 446 g/mol. The van der Waals surface area contributed by atoms with Gasteiger partial charge in [0.25, 0.3) is 5.91 Å². The fraction of sp³-hybridized carbons (Fsp3) is 0.0667. The van der Waals surface area contributed by atoms with Crippen LogP contribution in [0.5, 0.6) is 0 Å². The van der Waals surface area contributed by atoms with E-state index in [1.54, 1.807) is 18.3 Å². The quantitative estimate of drug-likeness (QED) is 0.529. The van der Waals surface area contributed by atoms with E-state index in [1.807, 2.05) is 30.3 Å². The molecule has 0 aliphatic rings. The van der Waals surface area contributed by atoms with E-state index < -0.39 is 0 Å². The van der Waals surface area contributed by atoms with Gasteiger partial charge in [-0.25, -0.2) is 5.43 Å². The number of amides is 1. The molecule has 0 bridgehead atoms. The fourth-order valence-corrected chi connectivity index (χ4v) is 3.59. The summed E-state index contributed by atoms with van der Waals surface area (Å²) in [4.78, 5) is 11.8. The van der Waals surface area contributed by atoms with Crippen molar-refractivity contribution >= 4 is 61.3 Å². The highest BCUT2D eigenvalue weighted by Crippen LogP contribution is 2.33. The van der Waals surface area contributed by atoms with Gasteiger partial charge in [-0.1, -0.05) is 41.9 Å². The van der Waals surface area contributed by atoms with Gasteiger partial charge in [-0.15, -0.1) is 0 Å². The van der Waals surface area contributed by atoms with E-state index in [2.05, 4.69) is 47.7 Å². The molecule has 0 spiro atoms. The van der Waals surface area contributed by atoms with Crippen molar-refractivity contribution in [3.63, 3.8) is 0 Å². The number of carbonyl (C=O) groups excluding carboxylic acids is 1. The molecule has 2 N–H and O–H groups in total. The first-order chi connectivity index (χ1) is 10.6. The summed E-state index contributed by atoms with van der Waals surface area (Å²) >= 11 is 12.7. The first kappa shape index (κ1) is 17.0. The van der Waals surface area contributed by atoms with Crippen molar-refractivity contribution in [3.8, 4) is 0 Å². The zero-order valence-corrected chi connectivity index (χ0v) is 15.2. The number of benzene rings is 2. The maximum absolute atomic E-state index is 11.8. The predicted molar refractivity (Wildman–Crippen MR) is 97.5 cm³/mol. The van der Waals surface area contributed by atoms with Crippen molar-refractivity contribution in [2.45, 2.75) is 0 Å². The Kier molecular flexibility index (Phi) is 6.42. The summed E-state index contributed by atoms with van der Waals surface area (Å²) in [6, 6.07) is 13.0. The molecule has 0 aliphatic carbocycles. The molecule has 0 unspecified atom stereocenters. The Bertz CT molecular complexity index is 669. The van der Waals surface area contributed by atoms with Gasteiger partial charge < -0.3 is 5.32 Å². The second-order valence-corrected chi connectivity index (χ2v) is 6.45. The predicted octanol–water partition coefficient (Wildman–Crippen LogP) is 4.43. The Morgan fingerprint density at radius 2 is 1.82 bits per heavy atom. The van der Waals surface area contributed by atoms with Gasteiger partial charge in [0.05, 0.1) is 18.4 Å². The molecule has 4 nitrogen and oxygen atoms in total. The smallest absolute Gasteiger partial charge is 0.259 e. The van der Waals surface area contributed by atoms with Crippen molar-refractivity contribution < 1.29 is 4.79 Å². The molecule has 0 fully saturated rings. The van der Waals surface area contributed by atoms with Gasteiger partial charge in [0.1, 0.15) is 0 Å². The summed E-state index contributed by atoms with van der Waals surface area (Å²) in [6.07, 6.45) is 1.59. The summed E-state index contributed by atoms with van der Waals surface area (Å²) in [6.45, 7) is 0.0883. The summed E-state index contributed by atoms with van der Waals surface area (Å²) in [5.41, 5.74) is 4.13. The van der Waals surface area contributed by atoms with E-state index in [-0.39, 0.29) is 12.5 Å². The maximum atomic E-state index is 11.8. The number of halogens is 3. The average Bonchev–Trinajstić information content (AvgIpc) is 2.47. The van der Waals surface area contributed by atoms with Crippen molar-refractivity contribution in [3.05, 3.63) is 62.0 Å². The number of anilines is 1. The SMILES string of the molecule is O=C(CNc1c(Br)cc(Cl)cc1Br)N/N=C\c1ccccc1. The van der Waals surface area contributed by atoms with Crippen LogP contribution in [0.15, 0.2) is 56.5 Å². The number of nitrogens with one attached hydrogen (secondary N) is 2. The van der Waals surface area contributed by atoms with Crippen LogP contribution in [0.1, 0.15) is 5.56 Å². The van der Waals surface area contributed by atoms with Gasteiger partial charge >= 0.3 is 0 Å². The van der Waals surface area contributed by atoms with Gasteiger partial charge in [0, 0.05) is 14.0 Å². The van der Waals surface area contributed by atoms with Crippen LogP contribution in [0.25, 0.3) is 0 Å². The first-order valence-electron chi connectivity index (χ1n) is 6.31. The minimum atomic E-state index is -0.249. The van der Waals surface area contributed by atoms with E-state index in [0.29, 0.717) is 5.02 Å². The standard InChI is InChI=1S/C15H12Br2ClN3O/c16-12-6-11(18)7-13(17)15(12)19-9-14(22)21-20-8-10-4-2-1-3-5-10/h1-8,19H,9H2,(H,21,22)/b20-8-. The summed E-state index contributed by atoms with van der Waals surface area (Å²) < 4.78 is 1.54. The molecule has 114 valence electrons. The number of hydrogen-bond acceptors (Lipinski definition) is 3. The van der Waals surface area contributed by atoms with E-state index in [1.165, 1.54) is 0 Å². The number of carbonyl (C=O) groups is 1. The Balaban J connectivity index is 1.87. The molecule has 0 aromatic heterocycles. The Morgan fingerprint density at radius 1 is 1.18 bits per heavy atom. The Hall–Kier alpha value is -1.37. The van der Waals surface area contributed by atoms with Crippen LogP contribution in [-0.4, -0.2) is 18.7 Å². The largest absolute Gasteiger partial charge is 0.374 e. The van der Waals surface area contributed by atoms with Crippen molar-refractivity contribution in [1.29, 1.82) is 0 Å². The second-order valence-electron chi connectivity index (χ2n) is 4.30. The zero-order chi connectivity index (χ0) is 15.9. The van der Waals surface area contributed by atoms with E-state index >= 15 is 0 Å². The van der Waals surface area contributed by atoms with Crippen LogP contribution < -0.4 is 10.7 Å². The van der Waals surface area contributed by atoms with Crippen LogP contribution in [0.4, 0.5) is 5.69 Å². The third-order valence-electron chi connectivity index (χ3n) is 2.64. The summed E-state index contributed by atoms with van der Waals surface area (Å²) in [5, 5.41) is 7.52. The highest BCUT2D eigenvalue weighted by Gasteiger charge is 2.08. The first-order valence-corrected chi connectivity index (χ1v) is 8.28. The molecule has 0 radical (unpaired) electrons. The van der Waals surface area contributed by atoms with E-state index in [9.17, 15) is 4.79 Å². The van der Waals surface area contributed by atoms with Crippen LogP contribution in [0.3, 0.4) is 0 Å². The molecular weight excluding hydrogens is 433 g/mol.